The molecule has 0 bridgehead atoms. The third-order valence-electron chi connectivity index (χ3n) is 4.00. The Balaban J connectivity index is 1.63. The lowest BCUT2D eigenvalue weighted by molar-refractivity contribution is -0.140. The highest BCUT2D eigenvalue weighted by molar-refractivity contribution is 6.03. The Hall–Kier alpha value is -3.76. The van der Waals surface area contributed by atoms with Gasteiger partial charge in [-0.3, -0.25) is 9.89 Å². The van der Waals surface area contributed by atoms with Crippen LogP contribution in [0.5, 0.6) is 5.75 Å². The van der Waals surface area contributed by atoms with Gasteiger partial charge in [0.1, 0.15) is 18.1 Å². The van der Waals surface area contributed by atoms with Gasteiger partial charge in [0.2, 0.25) is 0 Å². The van der Waals surface area contributed by atoms with E-state index in [1.807, 2.05) is 0 Å². The molecule has 3 rings (SSSR count). The Morgan fingerprint density at radius 2 is 1.87 bits per heavy atom. The Kier molecular flexibility index (Phi) is 5.81. The molecule has 2 aromatic heterocycles. The highest BCUT2D eigenvalue weighted by atomic mass is 19.4. The molecule has 0 atom stereocenters. The first-order chi connectivity index (χ1) is 14.2. The molecule has 158 valence electrons. The van der Waals surface area contributed by atoms with E-state index in [9.17, 15) is 22.8 Å². The van der Waals surface area contributed by atoms with Gasteiger partial charge in [0.25, 0.3) is 5.91 Å². The van der Waals surface area contributed by atoms with Gasteiger partial charge in [-0.25, -0.2) is 4.79 Å². The summed E-state index contributed by atoms with van der Waals surface area (Å²) in [4.78, 5) is 23.7. The molecule has 3 aromatic rings. The molecule has 0 spiro atoms. The lowest BCUT2D eigenvalue weighted by Crippen LogP contribution is -2.16. The number of alkyl halides is 3. The predicted molar refractivity (Wildman–Crippen MR) is 97.1 cm³/mol. The van der Waals surface area contributed by atoms with Crippen LogP contribution in [0.1, 0.15) is 38.1 Å². The number of furan rings is 1. The number of nitrogens with zero attached hydrogens (tertiary/aromatic N) is 1. The van der Waals surface area contributed by atoms with E-state index in [4.69, 9.17) is 9.15 Å². The van der Waals surface area contributed by atoms with E-state index in [0.717, 1.165) is 0 Å². The fraction of sp³-hybridized carbons (Fsp3) is 0.211. The van der Waals surface area contributed by atoms with E-state index in [1.165, 1.54) is 38.3 Å². The topological polar surface area (TPSA) is 106 Å². The number of aryl methyl sites for hydroxylation is 1. The van der Waals surface area contributed by atoms with Gasteiger partial charge in [0, 0.05) is 0 Å². The molecule has 0 aliphatic rings. The summed E-state index contributed by atoms with van der Waals surface area (Å²) in [6.45, 7) is 1.31. The molecule has 2 N–H and O–H groups in total. The van der Waals surface area contributed by atoms with Gasteiger partial charge in [-0.2, -0.15) is 18.3 Å². The van der Waals surface area contributed by atoms with E-state index in [1.54, 1.807) is 12.1 Å². The molecular weight excluding hydrogens is 407 g/mol. The van der Waals surface area contributed by atoms with Gasteiger partial charge in [0.15, 0.2) is 11.5 Å². The van der Waals surface area contributed by atoms with Crippen molar-refractivity contribution >= 4 is 17.6 Å². The van der Waals surface area contributed by atoms with Crippen molar-refractivity contribution in [1.29, 1.82) is 0 Å². The van der Waals surface area contributed by atoms with Gasteiger partial charge in [0.05, 0.1) is 24.1 Å². The van der Waals surface area contributed by atoms with Crippen molar-refractivity contribution in [1.82, 2.24) is 10.2 Å². The molecule has 0 fully saturated rings. The molecule has 8 nitrogen and oxygen atoms in total. The number of aromatic amines is 1. The number of esters is 1. The lowest BCUT2D eigenvalue weighted by atomic mass is 10.2. The standard InChI is InChI=1S/C19H16F3N3O5/c1-10-15(16(25-24-10)19(20,21)22)23-17(26)14-8-7-13(30-14)9-29-12-5-3-11(4-6-12)18(27)28-2/h3-8H,9H2,1-2H3,(H,23,26)(H,24,25). The maximum atomic E-state index is 13.0. The number of hydrogen-bond donors (Lipinski definition) is 2. The molecule has 0 saturated carbocycles. The summed E-state index contributed by atoms with van der Waals surface area (Å²) in [7, 11) is 1.27. The van der Waals surface area contributed by atoms with Crippen LogP contribution in [0.25, 0.3) is 0 Å². The minimum atomic E-state index is -4.72. The number of halogens is 3. The number of carbonyl (C=O) groups is 2. The van der Waals surface area contributed by atoms with Crippen molar-refractivity contribution in [2.45, 2.75) is 19.7 Å². The number of H-pyrrole nitrogens is 1. The fourth-order valence-corrected chi connectivity index (χ4v) is 2.50. The zero-order valence-electron chi connectivity index (χ0n) is 15.8. The summed E-state index contributed by atoms with van der Waals surface area (Å²) >= 11 is 0. The number of nitrogens with one attached hydrogen (secondary N) is 2. The van der Waals surface area contributed by atoms with Crippen molar-refractivity contribution in [3.8, 4) is 5.75 Å². The number of methoxy groups -OCH3 is 1. The summed E-state index contributed by atoms with van der Waals surface area (Å²) in [5.41, 5.74) is -1.28. The number of rotatable bonds is 6. The van der Waals surface area contributed by atoms with Crippen LogP contribution in [0.15, 0.2) is 40.8 Å². The van der Waals surface area contributed by atoms with Crippen molar-refractivity contribution in [2.75, 3.05) is 12.4 Å². The first kappa shape index (κ1) is 21.0. The van der Waals surface area contributed by atoms with Gasteiger partial charge in [-0.15, -0.1) is 0 Å². The van der Waals surface area contributed by atoms with Crippen molar-refractivity contribution in [2.24, 2.45) is 0 Å². The summed E-state index contributed by atoms with van der Waals surface area (Å²) in [6, 6.07) is 8.94. The highest BCUT2D eigenvalue weighted by Crippen LogP contribution is 2.34. The van der Waals surface area contributed by atoms with Crippen LogP contribution >= 0.6 is 0 Å². The summed E-state index contributed by atoms with van der Waals surface area (Å²) in [6.07, 6.45) is -4.72. The SMILES string of the molecule is COC(=O)c1ccc(OCc2ccc(C(=O)Nc3c(C(F)(F)F)n[nH]c3C)o2)cc1. The number of anilines is 1. The van der Waals surface area contributed by atoms with Crippen LogP contribution < -0.4 is 10.1 Å². The zero-order valence-corrected chi connectivity index (χ0v) is 15.8. The maximum absolute atomic E-state index is 13.0. The maximum Gasteiger partial charge on any atom is 0.437 e. The Morgan fingerprint density at radius 1 is 1.17 bits per heavy atom. The molecule has 0 saturated heterocycles. The third-order valence-corrected chi connectivity index (χ3v) is 4.00. The second-order valence-corrected chi connectivity index (χ2v) is 6.09. The summed E-state index contributed by atoms with van der Waals surface area (Å²) < 4.78 is 54.3. The molecule has 30 heavy (non-hydrogen) atoms. The van der Waals surface area contributed by atoms with Gasteiger partial charge in [-0.05, 0) is 43.3 Å². The van der Waals surface area contributed by atoms with E-state index >= 15 is 0 Å². The number of ether oxygens (including phenoxy) is 2. The Morgan fingerprint density at radius 3 is 2.50 bits per heavy atom. The van der Waals surface area contributed by atoms with Gasteiger partial charge >= 0.3 is 12.1 Å². The predicted octanol–water partition coefficient (Wildman–Crippen LogP) is 3.95. The van der Waals surface area contributed by atoms with Crippen LogP contribution in [-0.2, 0) is 17.5 Å². The highest BCUT2D eigenvalue weighted by Gasteiger charge is 2.38. The van der Waals surface area contributed by atoms with Crippen molar-refractivity contribution in [3.05, 3.63) is 64.9 Å². The quantitative estimate of drug-likeness (QED) is 0.582. The monoisotopic (exact) mass is 423 g/mol. The largest absolute Gasteiger partial charge is 0.486 e. The fourth-order valence-electron chi connectivity index (χ4n) is 2.50. The minimum Gasteiger partial charge on any atom is -0.486 e. The average Bonchev–Trinajstić information content (AvgIpc) is 3.33. The number of carbonyl (C=O) groups excluding carboxylic acids is 2. The Labute approximate surface area is 168 Å². The van der Waals surface area contributed by atoms with Gasteiger partial charge < -0.3 is 19.2 Å². The molecule has 0 unspecified atom stereocenters. The van der Waals surface area contributed by atoms with Gasteiger partial charge in [-0.1, -0.05) is 0 Å². The third kappa shape index (κ3) is 4.62. The van der Waals surface area contributed by atoms with Crippen LogP contribution in [0, 0.1) is 6.92 Å². The molecule has 1 amide bonds. The normalized spacial score (nSPS) is 11.2. The van der Waals surface area contributed by atoms with E-state index in [2.05, 4.69) is 20.3 Å². The molecule has 11 heteroatoms. The second-order valence-electron chi connectivity index (χ2n) is 6.09. The molecule has 1 aromatic carbocycles. The van der Waals surface area contributed by atoms with Crippen LogP contribution in [0.2, 0.25) is 0 Å². The average molecular weight is 423 g/mol. The number of aromatic nitrogens is 2. The van der Waals surface area contributed by atoms with Crippen molar-refractivity contribution < 1.29 is 36.7 Å². The molecule has 0 aliphatic heterocycles. The van der Waals surface area contributed by atoms with Crippen LogP contribution in [0.4, 0.5) is 18.9 Å². The lowest BCUT2D eigenvalue weighted by Gasteiger charge is -2.08. The molecule has 2 heterocycles. The molecular formula is C19H16F3N3O5. The first-order valence-electron chi connectivity index (χ1n) is 8.52. The van der Waals surface area contributed by atoms with Crippen molar-refractivity contribution in [3.63, 3.8) is 0 Å². The first-order valence-corrected chi connectivity index (χ1v) is 8.52. The number of amides is 1. The molecule has 0 aliphatic carbocycles. The molecule has 0 radical (unpaired) electrons. The van der Waals surface area contributed by atoms with E-state index < -0.39 is 29.4 Å². The van der Waals surface area contributed by atoms with Crippen LogP contribution in [0.3, 0.4) is 0 Å². The smallest absolute Gasteiger partial charge is 0.437 e. The summed E-state index contributed by atoms with van der Waals surface area (Å²) in [5, 5.41) is 7.53. The number of benzene rings is 1. The second kappa shape index (κ2) is 8.31. The summed E-state index contributed by atoms with van der Waals surface area (Å²) in [5.74, 6) is -0.821. The van der Waals surface area contributed by atoms with Crippen LogP contribution in [-0.4, -0.2) is 29.2 Å². The van der Waals surface area contributed by atoms with E-state index in [-0.39, 0.29) is 23.8 Å². The zero-order chi connectivity index (χ0) is 21.9. The Bertz CT molecular complexity index is 1050. The number of hydrogen-bond acceptors (Lipinski definition) is 6. The minimum absolute atomic E-state index is 0.0383. The van der Waals surface area contributed by atoms with E-state index in [0.29, 0.717) is 11.3 Å².